The highest BCUT2D eigenvalue weighted by molar-refractivity contribution is 7.07. The zero-order valence-corrected chi connectivity index (χ0v) is 21.0. The van der Waals surface area contributed by atoms with Gasteiger partial charge < -0.3 is 18.9 Å². The molecule has 4 rings (SSSR count). The van der Waals surface area contributed by atoms with Crippen molar-refractivity contribution < 1.29 is 23.7 Å². The van der Waals surface area contributed by atoms with Crippen LogP contribution in [0.4, 0.5) is 0 Å². The van der Waals surface area contributed by atoms with E-state index in [0.717, 1.165) is 0 Å². The summed E-state index contributed by atoms with van der Waals surface area (Å²) in [5.41, 5.74) is 1.86. The van der Waals surface area contributed by atoms with Gasteiger partial charge in [-0.15, -0.1) is 0 Å². The largest absolute Gasteiger partial charge is 0.497 e. The summed E-state index contributed by atoms with van der Waals surface area (Å²) in [6.45, 7) is 3.69. The lowest BCUT2D eigenvalue weighted by Gasteiger charge is -2.25. The molecule has 0 aliphatic carbocycles. The Kier molecular flexibility index (Phi) is 7.07. The minimum absolute atomic E-state index is 0.203. The minimum Gasteiger partial charge on any atom is -0.497 e. The van der Waals surface area contributed by atoms with Crippen LogP contribution in [0.25, 0.3) is 6.08 Å². The molecule has 0 bridgehead atoms. The van der Waals surface area contributed by atoms with Crippen molar-refractivity contribution >= 4 is 23.4 Å². The molecular weight excluding hydrogens is 468 g/mol. The number of carbonyl (C=O) groups excluding carboxylic acids is 1. The summed E-state index contributed by atoms with van der Waals surface area (Å²) in [7, 11) is 4.70. The molecule has 0 saturated carbocycles. The van der Waals surface area contributed by atoms with E-state index in [9.17, 15) is 9.59 Å². The summed E-state index contributed by atoms with van der Waals surface area (Å²) in [5, 5.41) is 0. The molecular formula is C26H26N2O6S. The molecule has 0 amide bonds. The highest BCUT2D eigenvalue weighted by atomic mass is 32.1. The molecule has 0 unspecified atom stereocenters. The van der Waals surface area contributed by atoms with E-state index in [-0.39, 0.29) is 12.2 Å². The average molecular weight is 495 g/mol. The van der Waals surface area contributed by atoms with Crippen molar-refractivity contribution in [1.82, 2.24) is 4.57 Å². The molecule has 0 radical (unpaired) electrons. The third kappa shape index (κ3) is 4.46. The van der Waals surface area contributed by atoms with E-state index in [0.29, 0.717) is 49.0 Å². The number of rotatable bonds is 7. The molecule has 3 aromatic rings. The zero-order chi connectivity index (χ0) is 25.1. The van der Waals surface area contributed by atoms with Crippen LogP contribution in [-0.4, -0.2) is 38.5 Å². The van der Waals surface area contributed by atoms with Crippen molar-refractivity contribution in [3.05, 3.63) is 84.5 Å². The van der Waals surface area contributed by atoms with Gasteiger partial charge in [0.05, 0.1) is 43.7 Å². The van der Waals surface area contributed by atoms with Gasteiger partial charge in [-0.3, -0.25) is 9.36 Å². The van der Waals surface area contributed by atoms with Crippen molar-refractivity contribution in [2.24, 2.45) is 4.99 Å². The first-order valence-electron chi connectivity index (χ1n) is 11.0. The van der Waals surface area contributed by atoms with Crippen LogP contribution in [-0.2, 0) is 9.53 Å². The summed E-state index contributed by atoms with van der Waals surface area (Å²) in [6.07, 6.45) is 1.74. The highest BCUT2D eigenvalue weighted by Crippen LogP contribution is 2.35. The van der Waals surface area contributed by atoms with Crippen LogP contribution >= 0.6 is 11.3 Å². The lowest BCUT2D eigenvalue weighted by Crippen LogP contribution is -2.40. The quantitative estimate of drug-likeness (QED) is 0.470. The maximum absolute atomic E-state index is 13.8. The number of esters is 1. The van der Waals surface area contributed by atoms with Gasteiger partial charge in [-0.25, -0.2) is 9.79 Å². The molecule has 0 spiro atoms. The Hall–Kier alpha value is -3.85. The number of hydrogen-bond donors (Lipinski definition) is 0. The molecule has 8 nitrogen and oxygen atoms in total. The van der Waals surface area contributed by atoms with Gasteiger partial charge in [-0.05, 0) is 44.2 Å². The summed E-state index contributed by atoms with van der Waals surface area (Å²) in [5.74, 6) is 1.27. The van der Waals surface area contributed by atoms with Crippen LogP contribution < -0.4 is 29.1 Å². The second-order valence-corrected chi connectivity index (χ2v) is 8.66. The third-order valence-corrected chi connectivity index (χ3v) is 6.66. The number of benzene rings is 2. The smallest absolute Gasteiger partial charge is 0.338 e. The summed E-state index contributed by atoms with van der Waals surface area (Å²) < 4.78 is 23.7. The monoisotopic (exact) mass is 494 g/mol. The fraction of sp³-hybridized carbons (Fsp3) is 0.269. The Morgan fingerprint density at radius 3 is 2.51 bits per heavy atom. The Morgan fingerprint density at radius 2 is 1.83 bits per heavy atom. The number of aromatic nitrogens is 1. The van der Waals surface area contributed by atoms with Gasteiger partial charge in [-0.1, -0.05) is 29.5 Å². The van der Waals surface area contributed by atoms with Crippen molar-refractivity contribution in [2.75, 3.05) is 27.9 Å². The standard InChI is InChI=1S/C26H26N2O6S/c1-6-34-25(30)22-15(2)27-26-28(23(22)18-9-7-8-10-20(18)33-5)24(29)21(35-26)14-16-13-17(31-3)11-12-19(16)32-4/h7-14,23H,6H2,1-5H3/b21-14-/t23-/m0/s1. The first-order valence-corrected chi connectivity index (χ1v) is 11.8. The van der Waals surface area contributed by atoms with Gasteiger partial charge in [0.15, 0.2) is 4.80 Å². The molecule has 2 heterocycles. The second-order valence-electron chi connectivity index (χ2n) is 7.65. The van der Waals surface area contributed by atoms with Gasteiger partial charge in [0, 0.05) is 11.1 Å². The molecule has 1 aliphatic heterocycles. The highest BCUT2D eigenvalue weighted by Gasteiger charge is 2.34. The van der Waals surface area contributed by atoms with Crippen molar-refractivity contribution in [3.63, 3.8) is 0 Å². The van der Waals surface area contributed by atoms with E-state index in [2.05, 4.69) is 4.99 Å². The SMILES string of the molecule is CCOC(=O)C1=C(C)N=c2s/c(=C\c3cc(OC)ccc3OC)c(=O)n2[C@H]1c1ccccc1OC. The Labute approximate surface area is 206 Å². The molecule has 35 heavy (non-hydrogen) atoms. The molecule has 1 aliphatic rings. The van der Waals surface area contributed by atoms with Crippen LogP contribution in [0.3, 0.4) is 0 Å². The number of carbonyl (C=O) groups is 1. The van der Waals surface area contributed by atoms with Gasteiger partial charge in [-0.2, -0.15) is 0 Å². The Balaban J connectivity index is 2.00. The topological polar surface area (TPSA) is 88.4 Å². The van der Waals surface area contributed by atoms with Crippen LogP contribution in [0, 0.1) is 0 Å². The fourth-order valence-electron chi connectivity index (χ4n) is 4.07. The van der Waals surface area contributed by atoms with E-state index in [1.807, 2.05) is 18.2 Å². The van der Waals surface area contributed by atoms with Crippen LogP contribution in [0.2, 0.25) is 0 Å². The van der Waals surface area contributed by atoms with Crippen LogP contribution in [0.1, 0.15) is 31.0 Å². The summed E-state index contributed by atoms with van der Waals surface area (Å²) >= 11 is 1.24. The van der Waals surface area contributed by atoms with Gasteiger partial charge in [0.2, 0.25) is 0 Å². The molecule has 1 aromatic heterocycles. The summed E-state index contributed by atoms with van der Waals surface area (Å²) in [6, 6.07) is 11.9. The van der Waals surface area contributed by atoms with E-state index >= 15 is 0 Å². The van der Waals surface area contributed by atoms with Crippen LogP contribution in [0.5, 0.6) is 17.2 Å². The maximum Gasteiger partial charge on any atom is 0.338 e. The molecule has 0 N–H and O–H groups in total. The fourth-order valence-corrected chi connectivity index (χ4v) is 5.11. The number of para-hydroxylation sites is 1. The lowest BCUT2D eigenvalue weighted by molar-refractivity contribution is -0.139. The molecule has 9 heteroatoms. The number of fused-ring (bicyclic) bond motifs is 1. The number of methoxy groups -OCH3 is 3. The lowest BCUT2D eigenvalue weighted by atomic mass is 9.95. The predicted molar refractivity (Wildman–Crippen MR) is 133 cm³/mol. The first kappa shape index (κ1) is 24.3. The van der Waals surface area contributed by atoms with Gasteiger partial charge in [0.1, 0.15) is 23.3 Å². The second kappa shape index (κ2) is 10.2. The number of hydrogen-bond acceptors (Lipinski definition) is 8. The van der Waals surface area contributed by atoms with E-state index < -0.39 is 12.0 Å². The zero-order valence-electron chi connectivity index (χ0n) is 20.2. The van der Waals surface area contributed by atoms with Crippen molar-refractivity contribution in [1.29, 1.82) is 0 Å². The number of thiazole rings is 1. The normalized spacial score (nSPS) is 15.3. The molecule has 2 aromatic carbocycles. The number of ether oxygens (including phenoxy) is 4. The molecule has 0 saturated heterocycles. The first-order chi connectivity index (χ1) is 16.9. The van der Waals surface area contributed by atoms with Gasteiger partial charge in [0.25, 0.3) is 5.56 Å². The molecule has 0 fully saturated rings. The summed E-state index contributed by atoms with van der Waals surface area (Å²) in [4.78, 5) is 31.9. The third-order valence-electron chi connectivity index (χ3n) is 5.67. The Morgan fingerprint density at radius 1 is 1.09 bits per heavy atom. The maximum atomic E-state index is 13.8. The molecule has 182 valence electrons. The average Bonchev–Trinajstić information content (AvgIpc) is 3.17. The van der Waals surface area contributed by atoms with E-state index in [1.54, 1.807) is 65.5 Å². The van der Waals surface area contributed by atoms with E-state index in [4.69, 9.17) is 18.9 Å². The number of nitrogens with zero attached hydrogens (tertiary/aromatic N) is 2. The van der Waals surface area contributed by atoms with Crippen molar-refractivity contribution in [2.45, 2.75) is 19.9 Å². The van der Waals surface area contributed by atoms with Crippen molar-refractivity contribution in [3.8, 4) is 17.2 Å². The minimum atomic E-state index is -0.754. The van der Waals surface area contributed by atoms with E-state index in [1.165, 1.54) is 15.9 Å². The number of allylic oxidation sites excluding steroid dienone is 1. The Bertz CT molecular complexity index is 1480. The molecule has 1 atom stereocenters. The van der Waals surface area contributed by atoms with Crippen LogP contribution in [0.15, 0.2) is 63.5 Å². The predicted octanol–water partition coefficient (Wildman–Crippen LogP) is 2.82. The van der Waals surface area contributed by atoms with Gasteiger partial charge >= 0.3 is 5.97 Å².